The molecule has 1 N–H and O–H groups in total. The Morgan fingerprint density at radius 2 is 2.25 bits per heavy atom. The fraction of sp³-hybridized carbons (Fsp3) is 0.462. The Morgan fingerprint density at radius 3 is 2.94 bits per heavy atom. The third kappa shape index (κ3) is 2.31. The molecule has 1 aromatic carbocycles. The molecule has 1 aliphatic rings. The van der Waals surface area contributed by atoms with E-state index in [-0.39, 0.29) is 6.10 Å². The van der Waals surface area contributed by atoms with Gasteiger partial charge >= 0.3 is 0 Å². The molecule has 1 aliphatic heterocycles. The molecule has 2 atom stereocenters. The number of rotatable bonds is 2. The van der Waals surface area contributed by atoms with Crippen molar-refractivity contribution in [3.05, 3.63) is 35.4 Å². The molecular formula is C13H16O3. The monoisotopic (exact) mass is 220 g/mol. The highest BCUT2D eigenvalue weighted by atomic mass is 16.5. The number of aldehydes is 1. The van der Waals surface area contributed by atoms with Crippen molar-refractivity contribution in [3.63, 3.8) is 0 Å². The molecule has 0 amide bonds. The summed E-state index contributed by atoms with van der Waals surface area (Å²) in [6.45, 7) is 2.34. The van der Waals surface area contributed by atoms with Crippen LogP contribution in [0.5, 0.6) is 0 Å². The first kappa shape index (κ1) is 11.3. The Labute approximate surface area is 95.0 Å². The van der Waals surface area contributed by atoms with Gasteiger partial charge in [0.2, 0.25) is 0 Å². The molecule has 3 heteroatoms. The van der Waals surface area contributed by atoms with Crippen LogP contribution in [0.4, 0.5) is 0 Å². The molecule has 0 aliphatic carbocycles. The molecule has 1 saturated heterocycles. The van der Waals surface area contributed by atoms with E-state index in [0.29, 0.717) is 25.0 Å². The topological polar surface area (TPSA) is 46.5 Å². The number of carbonyl (C=O) groups is 1. The Kier molecular flexibility index (Phi) is 3.08. The first-order valence-corrected chi connectivity index (χ1v) is 5.50. The molecule has 0 radical (unpaired) electrons. The summed E-state index contributed by atoms with van der Waals surface area (Å²) in [5.74, 6) is 0. The molecule has 3 nitrogen and oxygen atoms in total. The molecule has 1 heterocycles. The van der Waals surface area contributed by atoms with E-state index < -0.39 is 5.60 Å². The highest BCUT2D eigenvalue weighted by Crippen LogP contribution is 2.34. The maximum atomic E-state index is 10.9. The largest absolute Gasteiger partial charge is 0.390 e. The first-order chi connectivity index (χ1) is 7.62. The van der Waals surface area contributed by atoms with E-state index in [1.54, 1.807) is 6.07 Å². The number of hydrogen-bond donors (Lipinski definition) is 1. The van der Waals surface area contributed by atoms with Gasteiger partial charge in [-0.1, -0.05) is 24.3 Å². The summed E-state index contributed by atoms with van der Waals surface area (Å²) in [5.41, 5.74) is 0.821. The summed E-state index contributed by atoms with van der Waals surface area (Å²) in [5, 5.41) is 10.0. The van der Waals surface area contributed by atoms with Crippen molar-refractivity contribution in [2.75, 3.05) is 6.61 Å². The molecule has 0 bridgehead atoms. The van der Waals surface area contributed by atoms with Crippen molar-refractivity contribution in [3.8, 4) is 0 Å². The number of ether oxygens (including phenoxy) is 1. The van der Waals surface area contributed by atoms with E-state index >= 15 is 0 Å². The first-order valence-electron chi connectivity index (χ1n) is 5.50. The van der Waals surface area contributed by atoms with Crippen molar-refractivity contribution in [2.24, 2.45) is 0 Å². The van der Waals surface area contributed by atoms with Crippen LogP contribution in [0.1, 0.15) is 41.8 Å². The fourth-order valence-corrected chi connectivity index (χ4v) is 2.09. The average Bonchev–Trinajstić information content (AvgIpc) is 2.27. The lowest BCUT2D eigenvalue weighted by atomic mass is 9.88. The number of carbonyl (C=O) groups excluding carboxylic acids is 1. The van der Waals surface area contributed by atoms with Gasteiger partial charge in [0.15, 0.2) is 0 Å². The lowest BCUT2D eigenvalue weighted by molar-refractivity contribution is -0.0953. The molecule has 0 saturated carbocycles. The van der Waals surface area contributed by atoms with E-state index in [1.165, 1.54) is 0 Å². The van der Waals surface area contributed by atoms with Gasteiger partial charge in [0.1, 0.15) is 6.29 Å². The van der Waals surface area contributed by atoms with Gasteiger partial charge in [0.05, 0.1) is 18.3 Å². The molecule has 0 spiro atoms. The van der Waals surface area contributed by atoms with Crippen LogP contribution < -0.4 is 0 Å². The van der Waals surface area contributed by atoms with Crippen LogP contribution in [-0.2, 0) is 4.74 Å². The average molecular weight is 220 g/mol. The van der Waals surface area contributed by atoms with Crippen molar-refractivity contribution in [1.29, 1.82) is 0 Å². The maximum Gasteiger partial charge on any atom is 0.150 e. The molecule has 86 valence electrons. The van der Waals surface area contributed by atoms with Crippen molar-refractivity contribution < 1.29 is 14.6 Å². The second kappa shape index (κ2) is 4.36. The smallest absolute Gasteiger partial charge is 0.150 e. The van der Waals surface area contributed by atoms with Gasteiger partial charge in [0.25, 0.3) is 0 Å². The van der Waals surface area contributed by atoms with Gasteiger partial charge in [-0.25, -0.2) is 0 Å². The molecule has 2 rings (SSSR count). The highest BCUT2D eigenvalue weighted by Gasteiger charge is 2.32. The molecule has 2 unspecified atom stereocenters. The number of hydrogen-bond acceptors (Lipinski definition) is 3. The van der Waals surface area contributed by atoms with Crippen molar-refractivity contribution in [1.82, 2.24) is 0 Å². The third-order valence-electron chi connectivity index (χ3n) is 3.05. The van der Waals surface area contributed by atoms with E-state index in [9.17, 15) is 9.90 Å². The second-order valence-corrected chi connectivity index (χ2v) is 4.56. The number of aliphatic hydroxyl groups is 1. The summed E-state index contributed by atoms with van der Waals surface area (Å²) in [6, 6.07) is 7.37. The Hall–Kier alpha value is -1.19. The lowest BCUT2D eigenvalue weighted by Crippen LogP contribution is -2.34. The summed E-state index contributed by atoms with van der Waals surface area (Å²) < 4.78 is 5.62. The van der Waals surface area contributed by atoms with Crippen molar-refractivity contribution in [2.45, 2.75) is 31.5 Å². The van der Waals surface area contributed by atoms with Crippen LogP contribution >= 0.6 is 0 Å². The minimum Gasteiger partial charge on any atom is -0.390 e. The summed E-state index contributed by atoms with van der Waals surface area (Å²) in [7, 11) is 0. The zero-order chi connectivity index (χ0) is 11.6. The lowest BCUT2D eigenvalue weighted by Gasteiger charge is -2.34. The van der Waals surface area contributed by atoms with Crippen LogP contribution in [0.2, 0.25) is 0 Å². The minimum absolute atomic E-state index is 0.176. The van der Waals surface area contributed by atoms with Gasteiger partial charge < -0.3 is 9.84 Å². The quantitative estimate of drug-likeness (QED) is 0.776. The van der Waals surface area contributed by atoms with Crippen molar-refractivity contribution >= 4 is 6.29 Å². The van der Waals surface area contributed by atoms with Crippen LogP contribution in [0.3, 0.4) is 0 Å². The van der Waals surface area contributed by atoms with E-state index in [0.717, 1.165) is 11.8 Å². The molecular weight excluding hydrogens is 204 g/mol. The molecule has 0 aromatic heterocycles. The van der Waals surface area contributed by atoms with Crippen LogP contribution in [0.15, 0.2) is 24.3 Å². The predicted molar refractivity (Wildman–Crippen MR) is 60.4 cm³/mol. The highest BCUT2D eigenvalue weighted by molar-refractivity contribution is 5.77. The fourth-order valence-electron chi connectivity index (χ4n) is 2.09. The van der Waals surface area contributed by atoms with Gasteiger partial charge in [-0.05, 0) is 18.9 Å². The predicted octanol–water partition coefficient (Wildman–Crippen LogP) is 2.10. The van der Waals surface area contributed by atoms with Crippen LogP contribution in [0.25, 0.3) is 0 Å². The normalized spacial score (nSPS) is 30.0. The molecule has 16 heavy (non-hydrogen) atoms. The van der Waals surface area contributed by atoms with Gasteiger partial charge in [-0.2, -0.15) is 0 Å². The van der Waals surface area contributed by atoms with E-state index in [2.05, 4.69) is 0 Å². The zero-order valence-electron chi connectivity index (χ0n) is 9.35. The van der Waals surface area contributed by atoms with Crippen LogP contribution in [-0.4, -0.2) is 23.6 Å². The molecule has 1 aromatic rings. The van der Waals surface area contributed by atoms with E-state index in [4.69, 9.17) is 4.74 Å². The minimum atomic E-state index is -0.696. The SMILES string of the molecule is CC1(O)CCOC(c2ccccc2C=O)C1. The van der Waals surface area contributed by atoms with Crippen LogP contribution in [0, 0.1) is 0 Å². The molecule has 1 fully saturated rings. The summed E-state index contributed by atoms with van der Waals surface area (Å²) >= 11 is 0. The Balaban J connectivity index is 2.26. The maximum absolute atomic E-state index is 10.9. The standard InChI is InChI=1S/C13H16O3/c1-13(15)6-7-16-12(8-13)11-5-3-2-4-10(11)9-14/h2-5,9,12,15H,6-8H2,1H3. The third-order valence-corrected chi connectivity index (χ3v) is 3.05. The van der Waals surface area contributed by atoms with Gasteiger partial charge in [0, 0.05) is 12.0 Å². The number of benzene rings is 1. The van der Waals surface area contributed by atoms with Gasteiger partial charge in [-0.3, -0.25) is 4.79 Å². The van der Waals surface area contributed by atoms with Gasteiger partial charge in [-0.15, -0.1) is 0 Å². The Bertz CT molecular complexity index is 385. The van der Waals surface area contributed by atoms with E-state index in [1.807, 2.05) is 25.1 Å². The summed E-state index contributed by atoms with van der Waals surface area (Å²) in [6.07, 6.45) is 1.84. The second-order valence-electron chi connectivity index (χ2n) is 4.56. The Morgan fingerprint density at radius 1 is 1.50 bits per heavy atom. The summed E-state index contributed by atoms with van der Waals surface area (Å²) in [4.78, 5) is 10.9. The zero-order valence-corrected chi connectivity index (χ0v) is 9.35.